The number of nitrogens with zero attached hydrogens (tertiary/aromatic N) is 1. The van der Waals surface area contributed by atoms with Crippen LogP contribution in [0.5, 0.6) is 0 Å². The van der Waals surface area contributed by atoms with E-state index in [2.05, 4.69) is 18.8 Å². The summed E-state index contributed by atoms with van der Waals surface area (Å²) in [7, 11) is 0. The lowest BCUT2D eigenvalue weighted by atomic mass is 9.82. The van der Waals surface area contributed by atoms with Crippen LogP contribution in [0.15, 0.2) is 30.3 Å². The Kier molecular flexibility index (Phi) is 3.28. The van der Waals surface area contributed by atoms with Gasteiger partial charge in [0.1, 0.15) is 5.69 Å². The Hall–Kier alpha value is -1.77. The normalized spacial score (nSPS) is 17.8. The Bertz CT molecular complexity index is 592. The quantitative estimate of drug-likeness (QED) is 0.904. The molecule has 0 atom stereocenters. The van der Waals surface area contributed by atoms with Crippen molar-refractivity contribution in [3.05, 3.63) is 36.0 Å². The molecule has 0 radical (unpaired) electrons. The number of H-pyrrole nitrogens is 1. The Labute approximate surface area is 120 Å². The summed E-state index contributed by atoms with van der Waals surface area (Å²) >= 11 is 0. The predicted molar refractivity (Wildman–Crippen MR) is 81.8 cm³/mol. The molecule has 3 rings (SSSR count). The number of aromatic amines is 1. The number of rotatable bonds is 3. The number of aromatic nitrogens is 1. The van der Waals surface area contributed by atoms with Crippen LogP contribution in [-0.2, 0) is 0 Å². The van der Waals surface area contributed by atoms with Crippen molar-refractivity contribution in [2.24, 2.45) is 5.41 Å². The molecular weight excluding hydrogens is 248 g/mol. The number of para-hydroxylation sites is 1. The van der Waals surface area contributed by atoms with Crippen LogP contribution in [-0.4, -0.2) is 28.9 Å². The highest BCUT2D eigenvalue weighted by Crippen LogP contribution is 2.37. The van der Waals surface area contributed by atoms with Crippen LogP contribution in [0.1, 0.15) is 43.6 Å². The molecule has 1 aliphatic rings. The van der Waals surface area contributed by atoms with E-state index in [9.17, 15) is 4.79 Å². The molecule has 0 aliphatic carbocycles. The van der Waals surface area contributed by atoms with Crippen LogP contribution < -0.4 is 0 Å². The highest BCUT2D eigenvalue weighted by atomic mass is 16.2. The van der Waals surface area contributed by atoms with Crippen molar-refractivity contribution in [1.29, 1.82) is 0 Å². The van der Waals surface area contributed by atoms with Crippen LogP contribution >= 0.6 is 0 Å². The molecule has 3 heteroatoms. The van der Waals surface area contributed by atoms with Crippen molar-refractivity contribution in [3.63, 3.8) is 0 Å². The zero-order valence-corrected chi connectivity index (χ0v) is 12.3. The van der Waals surface area contributed by atoms with Crippen molar-refractivity contribution in [2.45, 2.75) is 33.1 Å². The van der Waals surface area contributed by atoms with Crippen LogP contribution in [0.3, 0.4) is 0 Å². The van der Waals surface area contributed by atoms with E-state index in [0.717, 1.165) is 43.3 Å². The number of carbonyl (C=O) groups excluding carboxylic acids is 1. The minimum Gasteiger partial charge on any atom is -0.351 e. The molecule has 1 aromatic heterocycles. The van der Waals surface area contributed by atoms with E-state index in [1.165, 1.54) is 0 Å². The summed E-state index contributed by atoms with van der Waals surface area (Å²) in [6.45, 7) is 6.25. The van der Waals surface area contributed by atoms with E-state index < -0.39 is 0 Å². The van der Waals surface area contributed by atoms with Gasteiger partial charge in [-0.1, -0.05) is 32.0 Å². The van der Waals surface area contributed by atoms with Crippen LogP contribution in [0.2, 0.25) is 0 Å². The molecule has 1 fully saturated rings. The molecule has 0 spiro atoms. The topological polar surface area (TPSA) is 36.1 Å². The first kappa shape index (κ1) is 13.2. The number of benzene rings is 1. The second-order valence-electron chi connectivity index (χ2n) is 5.95. The van der Waals surface area contributed by atoms with E-state index in [1.54, 1.807) is 0 Å². The molecule has 1 N–H and O–H groups in total. The summed E-state index contributed by atoms with van der Waals surface area (Å²) in [5.41, 5.74) is 2.09. The Morgan fingerprint density at radius 1 is 1.30 bits per heavy atom. The Morgan fingerprint density at radius 2 is 2.05 bits per heavy atom. The molecule has 2 heterocycles. The summed E-state index contributed by atoms with van der Waals surface area (Å²) in [6, 6.07) is 10.0. The predicted octanol–water partition coefficient (Wildman–Crippen LogP) is 3.82. The molecule has 1 amide bonds. The summed E-state index contributed by atoms with van der Waals surface area (Å²) in [5, 5.41) is 1.10. The SMILES string of the molecule is CCC1(CC)CCN(C(=O)c2cc3ccccc3[nH]2)C1. The summed E-state index contributed by atoms with van der Waals surface area (Å²) in [5.74, 6) is 0.143. The van der Waals surface area contributed by atoms with E-state index in [1.807, 2.05) is 35.2 Å². The number of nitrogens with one attached hydrogen (secondary N) is 1. The van der Waals surface area contributed by atoms with Gasteiger partial charge in [-0.3, -0.25) is 4.79 Å². The van der Waals surface area contributed by atoms with Crippen LogP contribution in [0, 0.1) is 5.41 Å². The second kappa shape index (κ2) is 4.97. The lowest BCUT2D eigenvalue weighted by Gasteiger charge is -2.26. The Morgan fingerprint density at radius 3 is 2.70 bits per heavy atom. The van der Waals surface area contributed by atoms with Gasteiger partial charge in [0.05, 0.1) is 0 Å². The zero-order chi connectivity index (χ0) is 14.2. The third kappa shape index (κ3) is 2.11. The van der Waals surface area contributed by atoms with Crippen molar-refractivity contribution < 1.29 is 4.79 Å². The largest absolute Gasteiger partial charge is 0.351 e. The molecule has 3 nitrogen and oxygen atoms in total. The number of likely N-dealkylation sites (tertiary alicyclic amines) is 1. The van der Waals surface area contributed by atoms with E-state index in [4.69, 9.17) is 0 Å². The fourth-order valence-corrected chi connectivity index (χ4v) is 3.29. The van der Waals surface area contributed by atoms with E-state index >= 15 is 0 Å². The summed E-state index contributed by atoms with van der Waals surface area (Å²) in [6.07, 6.45) is 3.44. The van der Waals surface area contributed by atoms with Gasteiger partial charge in [-0.2, -0.15) is 0 Å². The maximum atomic E-state index is 12.6. The maximum absolute atomic E-state index is 12.6. The molecule has 20 heavy (non-hydrogen) atoms. The Balaban J connectivity index is 1.83. The summed E-state index contributed by atoms with van der Waals surface area (Å²) in [4.78, 5) is 17.9. The first-order valence-electron chi connectivity index (χ1n) is 7.54. The van der Waals surface area contributed by atoms with Crippen molar-refractivity contribution in [1.82, 2.24) is 9.88 Å². The highest BCUT2D eigenvalue weighted by Gasteiger charge is 2.37. The minimum atomic E-state index is 0.143. The first-order chi connectivity index (χ1) is 9.67. The highest BCUT2D eigenvalue weighted by molar-refractivity contribution is 5.98. The molecule has 1 saturated heterocycles. The van der Waals surface area contributed by atoms with Crippen LogP contribution in [0.4, 0.5) is 0 Å². The number of carbonyl (C=O) groups is 1. The van der Waals surface area contributed by atoms with Gasteiger partial charge < -0.3 is 9.88 Å². The summed E-state index contributed by atoms with van der Waals surface area (Å²) < 4.78 is 0. The first-order valence-corrected chi connectivity index (χ1v) is 7.54. The van der Waals surface area contributed by atoms with Gasteiger partial charge in [-0.05, 0) is 36.8 Å². The van der Waals surface area contributed by atoms with Crippen molar-refractivity contribution in [3.8, 4) is 0 Å². The fourth-order valence-electron chi connectivity index (χ4n) is 3.29. The van der Waals surface area contributed by atoms with Crippen molar-refractivity contribution >= 4 is 16.8 Å². The molecule has 2 aromatic rings. The lowest BCUT2D eigenvalue weighted by Crippen LogP contribution is -2.31. The second-order valence-corrected chi connectivity index (χ2v) is 5.95. The molecule has 0 bridgehead atoms. The van der Waals surface area contributed by atoms with Gasteiger partial charge in [-0.25, -0.2) is 0 Å². The number of hydrogen-bond donors (Lipinski definition) is 1. The van der Waals surface area contributed by atoms with E-state index in [-0.39, 0.29) is 5.91 Å². The molecular formula is C17H22N2O. The molecule has 1 aliphatic heterocycles. The standard InChI is InChI=1S/C17H22N2O/c1-3-17(4-2)9-10-19(12-17)16(20)15-11-13-7-5-6-8-14(13)18-15/h5-8,11,18H,3-4,9-10,12H2,1-2H3. The van der Waals surface area contributed by atoms with Gasteiger partial charge in [-0.15, -0.1) is 0 Å². The minimum absolute atomic E-state index is 0.143. The van der Waals surface area contributed by atoms with Gasteiger partial charge >= 0.3 is 0 Å². The third-order valence-electron chi connectivity index (χ3n) is 4.99. The maximum Gasteiger partial charge on any atom is 0.270 e. The average molecular weight is 270 g/mol. The third-order valence-corrected chi connectivity index (χ3v) is 4.99. The molecule has 0 unspecified atom stereocenters. The number of hydrogen-bond acceptors (Lipinski definition) is 1. The molecule has 106 valence electrons. The van der Waals surface area contributed by atoms with Gasteiger partial charge in [0.25, 0.3) is 5.91 Å². The van der Waals surface area contributed by atoms with Gasteiger partial charge in [0.15, 0.2) is 0 Å². The zero-order valence-electron chi connectivity index (χ0n) is 12.3. The lowest BCUT2D eigenvalue weighted by molar-refractivity contribution is 0.0765. The fraction of sp³-hybridized carbons (Fsp3) is 0.471. The number of amides is 1. The van der Waals surface area contributed by atoms with Crippen LogP contribution in [0.25, 0.3) is 10.9 Å². The average Bonchev–Trinajstić information content (AvgIpc) is 3.11. The smallest absolute Gasteiger partial charge is 0.270 e. The molecule has 1 aromatic carbocycles. The van der Waals surface area contributed by atoms with Crippen molar-refractivity contribution in [2.75, 3.05) is 13.1 Å². The van der Waals surface area contributed by atoms with E-state index in [0.29, 0.717) is 11.1 Å². The number of fused-ring (bicyclic) bond motifs is 1. The molecule has 0 saturated carbocycles. The monoisotopic (exact) mass is 270 g/mol. The van der Waals surface area contributed by atoms with Gasteiger partial charge in [0, 0.05) is 24.0 Å². The van der Waals surface area contributed by atoms with Gasteiger partial charge in [0.2, 0.25) is 0 Å².